The number of esters is 1. The molecule has 24 heavy (non-hydrogen) atoms. The summed E-state index contributed by atoms with van der Waals surface area (Å²) in [6, 6.07) is 7.11. The van der Waals surface area contributed by atoms with Gasteiger partial charge in [0.15, 0.2) is 11.2 Å². The van der Waals surface area contributed by atoms with E-state index in [1.807, 2.05) is 22.9 Å². The molecule has 8 heteroatoms. The van der Waals surface area contributed by atoms with Gasteiger partial charge >= 0.3 is 5.97 Å². The van der Waals surface area contributed by atoms with E-state index in [9.17, 15) is 9.59 Å². The summed E-state index contributed by atoms with van der Waals surface area (Å²) >= 11 is 2.90. The highest BCUT2D eigenvalue weighted by atomic mass is 32.1. The Morgan fingerprint density at radius 2 is 2.12 bits per heavy atom. The van der Waals surface area contributed by atoms with E-state index >= 15 is 0 Å². The average molecular weight is 359 g/mol. The predicted molar refractivity (Wildman–Crippen MR) is 93.2 cm³/mol. The molecule has 0 radical (unpaired) electrons. The van der Waals surface area contributed by atoms with E-state index in [1.165, 1.54) is 24.5 Å². The fraction of sp³-hybridized carbons (Fsp3) is 0.125. The fourth-order valence-corrected chi connectivity index (χ4v) is 3.32. The standard InChI is InChI=1S/C16H13N3O3S2/c1-10(22-15(21)11-4-2-6-17-8-11)14(20)19-16-18-12(9-24-16)13-5-3-7-23-13/h2-10H,1H3,(H,18,19,20). The molecule has 1 amide bonds. The molecule has 1 unspecified atom stereocenters. The lowest BCUT2D eigenvalue weighted by molar-refractivity contribution is -0.123. The van der Waals surface area contributed by atoms with Crippen LogP contribution in [0.1, 0.15) is 17.3 Å². The summed E-state index contributed by atoms with van der Waals surface area (Å²) in [6.45, 7) is 1.51. The van der Waals surface area contributed by atoms with Crippen LogP contribution in [0.3, 0.4) is 0 Å². The Balaban J connectivity index is 1.59. The van der Waals surface area contributed by atoms with Crippen LogP contribution in [0.15, 0.2) is 47.4 Å². The van der Waals surface area contributed by atoms with Gasteiger partial charge in [-0.25, -0.2) is 9.78 Å². The molecule has 6 nitrogen and oxygen atoms in total. The Bertz CT molecular complexity index is 831. The number of rotatable bonds is 5. The molecule has 0 bridgehead atoms. The van der Waals surface area contributed by atoms with Gasteiger partial charge < -0.3 is 4.74 Å². The third kappa shape index (κ3) is 3.84. The summed E-state index contributed by atoms with van der Waals surface area (Å²) in [6.07, 6.45) is 2.01. The lowest BCUT2D eigenvalue weighted by atomic mass is 10.3. The van der Waals surface area contributed by atoms with Gasteiger partial charge in [0.05, 0.1) is 16.1 Å². The molecule has 0 fully saturated rings. The molecule has 0 aliphatic carbocycles. The molecule has 0 aromatic carbocycles. The van der Waals surface area contributed by atoms with E-state index < -0.39 is 18.0 Å². The van der Waals surface area contributed by atoms with Crippen molar-refractivity contribution in [1.82, 2.24) is 9.97 Å². The number of aromatic nitrogens is 2. The van der Waals surface area contributed by atoms with E-state index in [4.69, 9.17) is 4.74 Å². The first kappa shape index (κ1) is 16.3. The molecule has 3 aromatic heterocycles. The molecule has 3 rings (SSSR count). The Morgan fingerprint density at radius 3 is 2.83 bits per heavy atom. The number of hydrogen-bond donors (Lipinski definition) is 1. The predicted octanol–water partition coefficient (Wildman–Crippen LogP) is 3.45. The Labute approximate surface area is 146 Å². The minimum atomic E-state index is -0.938. The van der Waals surface area contributed by atoms with Gasteiger partial charge in [0, 0.05) is 17.8 Å². The zero-order valence-electron chi connectivity index (χ0n) is 12.6. The zero-order valence-corrected chi connectivity index (χ0v) is 14.3. The van der Waals surface area contributed by atoms with Crippen molar-refractivity contribution < 1.29 is 14.3 Å². The van der Waals surface area contributed by atoms with E-state index in [0.29, 0.717) is 10.7 Å². The van der Waals surface area contributed by atoms with Crippen molar-refractivity contribution in [3.63, 3.8) is 0 Å². The first-order valence-electron chi connectivity index (χ1n) is 7.05. The molecule has 0 saturated heterocycles. The normalized spacial score (nSPS) is 11.7. The maximum absolute atomic E-state index is 12.1. The number of thiophene rings is 1. The van der Waals surface area contributed by atoms with Gasteiger partial charge in [-0.15, -0.1) is 22.7 Å². The molecule has 3 heterocycles. The largest absolute Gasteiger partial charge is 0.449 e. The van der Waals surface area contributed by atoms with Crippen LogP contribution in [-0.2, 0) is 9.53 Å². The molecular formula is C16H13N3O3S2. The highest BCUT2D eigenvalue weighted by molar-refractivity contribution is 7.16. The molecule has 0 aliphatic heterocycles. The Kier molecular flexibility index (Phi) is 4.97. The summed E-state index contributed by atoms with van der Waals surface area (Å²) < 4.78 is 5.14. The summed E-state index contributed by atoms with van der Waals surface area (Å²) in [7, 11) is 0. The molecular weight excluding hydrogens is 346 g/mol. The summed E-state index contributed by atoms with van der Waals surface area (Å²) in [5, 5.41) is 6.96. The highest BCUT2D eigenvalue weighted by Crippen LogP contribution is 2.28. The first-order valence-corrected chi connectivity index (χ1v) is 8.80. The van der Waals surface area contributed by atoms with Crippen molar-refractivity contribution in [3.05, 3.63) is 53.0 Å². The number of nitrogens with one attached hydrogen (secondary N) is 1. The Morgan fingerprint density at radius 1 is 1.25 bits per heavy atom. The maximum atomic E-state index is 12.1. The van der Waals surface area contributed by atoms with Gasteiger partial charge in [-0.1, -0.05) is 6.07 Å². The van der Waals surface area contributed by atoms with Crippen LogP contribution >= 0.6 is 22.7 Å². The third-order valence-electron chi connectivity index (χ3n) is 3.06. The van der Waals surface area contributed by atoms with Gasteiger partial charge in [0.1, 0.15) is 0 Å². The first-order chi connectivity index (χ1) is 11.6. The zero-order chi connectivity index (χ0) is 16.9. The van der Waals surface area contributed by atoms with Crippen molar-refractivity contribution in [2.24, 2.45) is 0 Å². The van der Waals surface area contributed by atoms with E-state index in [2.05, 4.69) is 15.3 Å². The number of thiazole rings is 1. The van der Waals surface area contributed by atoms with Crippen molar-refractivity contribution in [3.8, 4) is 10.6 Å². The SMILES string of the molecule is CC(OC(=O)c1cccnc1)C(=O)Nc1nc(-c2cccs2)cs1. The van der Waals surface area contributed by atoms with Gasteiger partial charge in [-0.05, 0) is 30.5 Å². The third-order valence-corrected chi connectivity index (χ3v) is 4.71. The van der Waals surface area contributed by atoms with Crippen LogP contribution in [0.25, 0.3) is 10.6 Å². The number of nitrogens with zero attached hydrogens (tertiary/aromatic N) is 2. The minimum Gasteiger partial charge on any atom is -0.449 e. The number of anilines is 1. The van der Waals surface area contributed by atoms with Crippen LogP contribution in [-0.4, -0.2) is 27.9 Å². The fourth-order valence-electron chi connectivity index (χ4n) is 1.84. The van der Waals surface area contributed by atoms with Gasteiger partial charge in [-0.2, -0.15) is 0 Å². The van der Waals surface area contributed by atoms with Crippen LogP contribution in [0, 0.1) is 0 Å². The minimum absolute atomic E-state index is 0.298. The molecule has 0 spiro atoms. The summed E-state index contributed by atoms with van der Waals surface area (Å²) in [4.78, 5) is 33.3. The number of pyridine rings is 1. The van der Waals surface area contributed by atoms with Crippen molar-refractivity contribution in [2.75, 3.05) is 5.32 Å². The molecule has 0 saturated carbocycles. The molecule has 3 aromatic rings. The molecule has 1 atom stereocenters. The van der Waals surface area contributed by atoms with Crippen LogP contribution in [0.2, 0.25) is 0 Å². The molecule has 122 valence electrons. The topological polar surface area (TPSA) is 81.2 Å². The summed E-state index contributed by atoms with van der Waals surface area (Å²) in [5.74, 6) is -1.02. The Hall–Kier alpha value is -2.58. The van der Waals surface area contributed by atoms with Gasteiger partial charge in [0.25, 0.3) is 5.91 Å². The van der Waals surface area contributed by atoms with Crippen LogP contribution < -0.4 is 5.32 Å². The number of amides is 1. The van der Waals surface area contributed by atoms with Crippen molar-refractivity contribution >= 4 is 39.7 Å². The number of ether oxygens (including phenoxy) is 1. The van der Waals surface area contributed by atoms with E-state index in [-0.39, 0.29) is 0 Å². The second-order valence-corrected chi connectivity index (χ2v) is 6.60. The van der Waals surface area contributed by atoms with E-state index in [1.54, 1.807) is 29.7 Å². The quantitative estimate of drug-likeness (QED) is 0.706. The monoisotopic (exact) mass is 359 g/mol. The number of carbonyl (C=O) groups excluding carboxylic acids is 2. The van der Waals surface area contributed by atoms with Crippen molar-refractivity contribution in [2.45, 2.75) is 13.0 Å². The lowest BCUT2D eigenvalue weighted by Crippen LogP contribution is -2.30. The summed E-state index contributed by atoms with van der Waals surface area (Å²) in [5.41, 5.74) is 1.11. The van der Waals surface area contributed by atoms with Crippen molar-refractivity contribution in [1.29, 1.82) is 0 Å². The van der Waals surface area contributed by atoms with Crippen LogP contribution in [0.5, 0.6) is 0 Å². The maximum Gasteiger partial charge on any atom is 0.340 e. The average Bonchev–Trinajstić information content (AvgIpc) is 3.26. The van der Waals surface area contributed by atoms with Crippen LogP contribution in [0.4, 0.5) is 5.13 Å². The van der Waals surface area contributed by atoms with Gasteiger partial charge in [-0.3, -0.25) is 15.1 Å². The number of hydrogen-bond acceptors (Lipinski definition) is 7. The smallest absolute Gasteiger partial charge is 0.340 e. The second-order valence-electron chi connectivity index (χ2n) is 4.79. The van der Waals surface area contributed by atoms with Gasteiger partial charge in [0.2, 0.25) is 0 Å². The second kappa shape index (κ2) is 7.33. The highest BCUT2D eigenvalue weighted by Gasteiger charge is 2.20. The molecule has 1 N–H and O–H groups in total. The lowest BCUT2D eigenvalue weighted by Gasteiger charge is -2.12. The number of carbonyl (C=O) groups is 2. The van der Waals surface area contributed by atoms with E-state index in [0.717, 1.165) is 10.6 Å². The molecule has 0 aliphatic rings.